The summed E-state index contributed by atoms with van der Waals surface area (Å²) in [6.07, 6.45) is 3.57. The van der Waals surface area contributed by atoms with Crippen LogP contribution in [0.5, 0.6) is 0 Å². The number of fused-ring (bicyclic) bond motifs is 1. The van der Waals surface area contributed by atoms with Gasteiger partial charge in [0.15, 0.2) is 0 Å². The fourth-order valence-corrected chi connectivity index (χ4v) is 3.84. The van der Waals surface area contributed by atoms with Crippen LogP contribution in [0, 0.1) is 18.3 Å². The average molecular weight is 450 g/mol. The Kier molecular flexibility index (Phi) is 6.56. The van der Waals surface area contributed by atoms with Gasteiger partial charge in [0.25, 0.3) is 5.91 Å². The van der Waals surface area contributed by atoms with Crippen molar-refractivity contribution >= 4 is 34.5 Å². The molecule has 1 N–H and O–H groups in total. The van der Waals surface area contributed by atoms with Crippen LogP contribution in [-0.4, -0.2) is 23.6 Å². The molecule has 0 aliphatic heterocycles. The number of benzene rings is 3. The molecule has 6 nitrogen and oxygen atoms in total. The van der Waals surface area contributed by atoms with Crippen molar-refractivity contribution in [3.05, 3.63) is 107 Å². The predicted molar refractivity (Wildman–Crippen MR) is 132 cm³/mol. The third-order valence-corrected chi connectivity index (χ3v) is 5.48. The van der Waals surface area contributed by atoms with Gasteiger partial charge in [0.05, 0.1) is 12.7 Å². The molecule has 4 rings (SSSR count). The summed E-state index contributed by atoms with van der Waals surface area (Å²) in [4.78, 5) is 24.4. The maximum absolute atomic E-state index is 12.8. The van der Waals surface area contributed by atoms with Crippen LogP contribution in [0.25, 0.3) is 17.0 Å². The third-order valence-electron chi connectivity index (χ3n) is 5.48. The van der Waals surface area contributed by atoms with E-state index in [2.05, 4.69) is 39.7 Å². The van der Waals surface area contributed by atoms with Crippen LogP contribution in [0.2, 0.25) is 0 Å². The fraction of sp³-hybridized carbons (Fsp3) is 0.107. The first kappa shape index (κ1) is 22.6. The SMILES string of the molecule is COC(=O)c1ccc(NC(=O)/C(C#N)=C/c2cn(Cc3cccc(C)c3)c3ccccc23)cc1. The standard InChI is InChI=1S/C28H23N3O3/c1-19-6-5-7-20(14-19)17-31-18-23(25-8-3-4-9-26(25)31)15-22(16-29)27(32)30-24-12-10-21(11-13-24)28(33)34-2/h3-15,18H,17H2,1-2H3,(H,30,32)/b22-15+. The molecule has 0 aliphatic carbocycles. The number of carbonyl (C=O) groups excluding carboxylic acids is 2. The van der Waals surface area contributed by atoms with Crippen molar-refractivity contribution in [1.82, 2.24) is 4.57 Å². The lowest BCUT2D eigenvalue weighted by Gasteiger charge is -2.06. The molecule has 1 heterocycles. The Balaban J connectivity index is 1.62. The Morgan fingerprint density at radius 2 is 1.82 bits per heavy atom. The summed E-state index contributed by atoms with van der Waals surface area (Å²) in [5, 5.41) is 13.3. The second-order valence-corrected chi connectivity index (χ2v) is 7.91. The molecule has 34 heavy (non-hydrogen) atoms. The second-order valence-electron chi connectivity index (χ2n) is 7.91. The van der Waals surface area contributed by atoms with E-state index in [4.69, 9.17) is 0 Å². The fourth-order valence-electron chi connectivity index (χ4n) is 3.84. The van der Waals surface area contributed by atoms with Gasteiger partial charge in [-0.2, -0.15) is 5.26 Å². The highest BCUT2D eigenvalue weighted by molar-refractivity contribution is 6.11. The van der Waals surface area contributed by atoms with Crippen molar-refractivity contribution in [1.29, 1.82) is 5.26 Å². The summed E-state index contributed by atoms with van der Waals surface area (Å²) in [7, 11) is 1.31. The maximum Gasteiger partial charge on any atom is 0.337 e. The van der Waals surface area contributed by atoms with Crippen molar-refractivity contribution in [3.63, 3.8) is 0 Å². The van der Waals surface area contributed by atoms with Gasteiger partial charge in [-0.1, -0.05) is 48.0 Å². The number of hydrogen-bond acceptors (Lipinski definition) is 4. The van der Waals surface area contributed by atoms with Gasteiger partial charge >= 0.3 is 5.97 Å². The topological polar surface area (TPSA) is 84.1 Å². The number of aryl methyl sites for hydroxylation is 1. The zero-order chi connectivity index (χ0) is 24.1. The number of nitrogens with zero attached hydrogens (tertiary/aromatic N) is 2. The average Bonchev–Trinajstić information content (AvgIpc) is 3.19. The Bertz CT molecular complexity index is 1440. The van der Waals surface area contributed by atoms with Gasteiger partial charge in [0, 0.05) is 34.9 Å². The minimum atomic E-state index is -0.524. The van der Waals surface area contributed by atoms with E-state index in [1.165, 1.54) is 18.2 Å². The monoisotopic (exact) mass is 449 g/mol. The molecular formula is C28H23N3O3. The van der Waals surface area contributed by atoms with Gasteiger partial charge in [0.1, 0.15) is 11.6 Å². The molecule has 0 radical (unpaired) electrons. The summed E-state index contributed by atoms with van der Waals surface area (Å²) < 4.78 is 6.80. The lowest BCUT2D eigenvalue weighted by Crippen LogP contribution is -2.13. The molecule has 1 amide bonds. The van der Waals surface area contributed by atoms with Crippen LogP contribution < -0.4 is 5.32 Å². The van der Waals surface area contributed by atoms with Crippen LogP contribution >= 0.6 is 0 Å². The Labute approximate surface area is 197 Å². The quantitative estimate of drug-likeness (QED) is 0.245. The molecule has 0 unspecified atom stereocenters. The molecule has 0 aliphatic rings. The zero-order valence-corrected chi connectivity index (χ0v) is 18.9. The van der Waals surface area contributed by atoms with Gasteiger partial charge in [-0.05, 0) is 48.9 Å². The van der Waals surface area contributed by atoms with Crippen molar-refractivity contribution in [2.24, 2.45) is 0 Å². The van der Waals surface area contributed by atoms with Crippen LogP contribution in [0.4, 0.5) is 5.69 Å². The number of rotatable bonds is 6. The highest BCUT2D eigenvalue weighted by Crippen LogP contribution is 2.25. The van der Waals surface area contributed by atoms with Crippen LogP contribution in [0.3, 0.4) is 0 Å². The molecule has 0 saturated heterocycles. The summed E-state index contributed by atoms with van der Waals surface area (Å²) in [5.41, 5.74) is 5.00. The largest absolute Gasteiger partial charge is 0.465 e. The summed E-state index contributed by atoms with van der Waals surface area (Å²) >= 11 is 0. The highest BCUT2D eigenvalue weighted by atomic mass is 16.5. The van der Waals surface area contributed by atoms with Gasteiger partial charge < -0.3 is 14.6 Å². The second kappa shape index (κ2) is 9.88. The summed E-state index contributed by atoms with van der Waals surface area (Å²) in [5.74, 6) is -0.985. The van der Waals surface area contributed by atoms with E-state index in [0.717, 1.165) is 16.5 Å². The number of carbonyl (C=O) groups is 2. The van der Waals surface area contributed by atoms with Gasteiger partial charge in [0.2, 0.25) is 0 Å². The normalized spacial score (nSPS) is 11.1. The van der Waals surface area contributed by atoms with E-state index in [1.807, 2.05) is 42.6 Å². The lowest BCUT2D eigenvalue weighted by molar-refractivity contribution is -0.112. The maximum atomic E-state index is 12.8. The number of nitriles is 1. The lowest BCUT2D eigenvalue weighted by atomic mass is 10.1. The molecule has 0 spiro atoms. The van der Waals surface area contributed by atoms with Crippen molar-refractivity contribution in [2.75, 3.05) is 12.4 Å². The Hall–Kier alpha value is -4.63. The Morgan fingerprint density at radius 1 is 1.06 bits per heavy atom. The number of ether oxygens (including phenoxy) is 1. The molecule has 0 atom stereocenters. The smallest absolute Gasteiger partial charge is 0.337 e. The minimum absolute atomic E-state index is 0.0181. The number of anilines is 1. The van der Waals surface area contributed by atoms with E-state index in [-0.39, 0.29) is 5.57 Å². The number of hydrogen-bond donors (Lipinski definition) is 1. The van der Waals surface area contributed by atoms with Gasteiger partial charge in [-0.15, -0.1) is 0 Å². The van der Waals surface area contributed by atoms with E-state index >= 15 is 0 Å². The molecule has 3 aromatic carbocycles. The summed E-state index contributed by atoms with van der Waals surface area (Å²) in [6, 6.07) is 24.5. The van der Waals surface area contributed by atoms with Crippen LogP contribution in [0.15, 0.2) is 84.6 Å². The highest BCUT2D eigenvalue weighted by Gasteiger charge is 2.14. The van der Waals surface area contributed by atoms with Crippen molar-refractivity contribution < 1.29 is 14.3 Å². The first-order valence-electron chi connectivity index (χ1n) is 10.7. The number of nitrogens with one attached hydrogen (secondary N) is 1. The number of esters is 1. The molecule has 1 aromatic heterocycles. The first-order chi connectivity index (χ1) is 16.5. The number of amides is 1. The van der Waals surface area contributed by atoms with E-state index in [1.54, 1.807) is 30.3 Å². The Morgan fingerprint density at radius 3 is 2.53 bits per heavy atom. The molecule has 168 valence electrons. The molecule has 0 saturated carbocycles. The van der Waals surface area contributed by atoms with E-state index in [0.29, 0.717) is 17.8 Å². The van der Waals surface area contributed by atoms with Crippen LogP contribution in [-0.2, 0) is 16.1 Å². The van der Waals surface area contributed by atoms with Gasteiger partial charge in [-0.3, -0.25) is 4.79 Å². The molecule has 6 heteroatoms. The number of aromatic nitrogens is 1. The van der Waals surface area contributed by atoms with Crippen molar-refractivity contribution in [3.8, 4) is 6.07 Å². The van der Waals surface area contributed by atoms with E-state index in [9.17, 15) is 14.9 Å². The number of methoxy groups -OCH3 is 1. The molecule has 0 fully saturated rings. The molecular weight excluding hydrogens is 426 g/mol. The number of para-hydroxylation sites is 1. The predicted octanol–water partition coefficient (Wildman–Crippen LogP) is 5.33. The molecule has 4 aromatic rings. The third kappa shape index (κ3) is 4.89. The van der Waals surface area contributed by atoms with Crippen molar-refractivity contribution in [2.45, 2.75) is 13.5 Å². The first-order valence-corrected chi connectivity index (χ1v) is 10.7. The van der Waals surface area contributed by atoms with E-state index < -0.39 is 11.9 Å². The van der Waals surface area contributed by atoms with Crippen LogP contribution in [0.1, 0.15) is 27.0 Å². The molecule has 0 bridgehead atoms. The van der Waals surface area contributed by atoms with Gasteiger partial charge in [-0.25, -0.2) is 4.79 Å². The summed E-state index contributed by atoms with van der Waals surface area (Å²) in [6.45, 7) is 2.74. The minimum Gasteiger partial charge on any atom is -0.465 e. The zero-order valence-electron chi connectivity index (χ0n) is 18.9.